The van der Waals surface area contributed by atoms with Gasteiger partial charge in [0.1, 0.15) is 0 Å². The Kier molecular flexibility index (Phi) is 9.44. The first kappa shape index (κ1) is 30.4. The van der Waals surface area contributed by atoms with E-state index in [-0.39, 0.29) is 0 Å². The lowest BCUT2D eigenvalue weighted by molar-refractivity contribution is 1.59. The van der Waals surface area contributed by atoms with Crippen LogP contribution in [-0.4, -0.2) is 0 Å². The van der Waals surface area contributed by atoms with E-state index in [0.29, 0.717) is 0 Å². The second-order valence-electron chi connectivity index (χ2n) is 12.0. The number of rotatable bonds is 0. The minimum absolute atomic E-state index is 1.18. The molecule has 16 rings (SSSR count). The summed E-state index contributed by atoms with van der Waals surface area (Å²) in [6.07, 6.45) is 26.0. The van der Waals surface area contributed by atoms with Crippen LogP contribution >= 0.6 is 0 Å². The molecule has 10 aliphatic rings. The van der Waals surface area contributed by atoms with Crippen molar-refractivity contribution in [3.05, 3.63) is 212 Å². The molecular formula is C48H36. The Labute approximate surface area is 284 Å². The van der Waals surface area contributed by atoms with Crippen LogP contribution in [-0.2, 0) is 0 Å². The van der Waals surface area contributed by atoms with Crippen molar-refractivity contribution >= 4 is 72.9 Å². The second kappa shape index (κ2) is 14.9. The Morgan fingerprint density at radius 2 is 0.167 bits per heavy atom. The molecule has 0 N–H and O–H groups in total. The van der Waals surface area contributed by atoms with Gasteiger partial charge in [0, 0.05) is 0 Å². The molecule has 0 amide bonds. The maximum atomic E-state index is 2.16. The molecule has 0 atom stereocenters. The van der Waals surface area contributed by atoms with Gasteiger partial charge in [0.25, 0.3) is 0 Å². The SMILES string of the molecule is C1=C\c2ccc(cc2)/C=C/c2ccc(cc2)/C=C\c2ccc(cc2)/C=C/c2ccc(cc2)/C=C/c2ccc(cc2)/C=C\c2ccc/1cc2. The van der Waals surface area contributed by atoms with Gasteiger partial charge >= 0.3 is 0 Å². The molecule has 6 aromatic rings. The molecule has 0 unspecified atom stereocenters. The predicted molar refractivity (Wildman–Crippen MR) is 212 cm³/mol. The summed E-state index contributed by atoms with van der Waals surface area (Å²) in [4.78, 5) is 0. The van der Waals surface area contributed by atoms with Crippen molar-refractivity contribution in [3.8, 4) is 0 Å². The Hall–Kier alpha value is -6.24. The Morgan fingerprint density at radius 1 is 0.104 bits per heavy atom. The van der Waals surface area contributed by atoms with Crippen molar-refractivity contribution in [2.45, 2.75) is 0 Å². The summed E-state index contributed by atoms with van der Waals surface area (Å²) in [7, 11) is 0. The molecule has 10 aliphatic carbocycles. The van der Waals surface area contributed by atoms with Gasteiger partial charge in [-0.15, -0.1) is 0 Å². The molecule has 12 bridgehead atoms. The molecular weight excluding hydrogens is 577 g/mol. The van der Waals surface area contributed by atoms with Gasteiger partial charge in [-0.25, -0.2) is 0 Å². The summed E-state index contributed by atoms with van der Waals surface area (Å²) in [5, 5.41) is 0. The Morgan fingerprint density at radius 3 is 0.229 bits per heavy atom. The zero-order chi connectivity index (χ0) is 32.4. The highest BCUT2D eigenvalue weighted by Crippen LogP contribution is 2.18. The fraction of sp³-hybridized carbons (Fsp3) is 0. The van der Waals surface area contributed by atoms with E-state index in [1.807, 2.05) is 0 Å². The zero-order valence-electron chi connectivity index (χ0n) is 26.8. The van der Waals surface area contributed by atoms with Crippen LogP contribution in [0.3, 0.4) is 0 Å². The molecule has 0 aromatic heterocycles. The summed E-state index contributed by atoms with van der Waals surface area (Å²) in [6.45, 7) is 0. The van der Waals surface area contributed by atoms with Crippen LogP contribution < -0.4 is 0 Å². The molecule has 0 nitrogen and oxygen atoms in total. The van der Waals surface area contributed by atoms with Gasteiger partial charge in [-0.1, -0.05) is 219 Å². The zero-order valence-corrected chi connectivity index (χ0v) is 26.8. The Bertz CT molecular complexity index is 1560. The third-order valence-electron chi connectivity index (χ3n) is 8.43. The van der Waals surface area contributed by atoms with Crippen LogP contribution in [0.5, 0.6) is 0 Å². The van der Waals surface area contributed by atoms with Gasteiger partial charge in [-0.05, 0) is 66.8 Å². The lowest BCUT2D eigenvalue weighted by Crippen LogP contribution is -1.79. The first-order valence-corrected chi connectivity index (χ1v) is 16.4. The molecule has 0 saturated heterocycles. The van der Waals surface area contributed by atoms with E-state index in [4.69, 9.17) is 0 Å². The smallest absolute Gasteiger partial charge is 0.0256 e. The van der Waals surface area contributed by atoms with E-state index in [1.54, 1.807) is 0 Å². The van der Waals surface area contributed by atoms with E-state index in [2.05, 4.69) is 219 Å². The summed E-state index contributed by atoms with van der Waals surface area (Å²) in [6, 6.07) is 51.9. The number of benzene rings is 6. The molecule has 6 aromatic carbocycles. The minimum atomic E-state index is 1.18. The van der Waals surface area contributed by atoms with Crippen molar-refractivity contribution in [2.75, 3.05) is 0 Å². The molecule has 228 valence electrons. The van der Waals surface area contributed by atoms with E-state index in [1.165, 1.54) is 66.8 Å². The topological polar surface area (TPSA) is 0 Å². The largest absolute Gasteiger partial charge is 0.0544 e. The van der Waals surface area contributed by atoms with E-state index < -0.39 is 0 Å². The molecule has 0 aliphatic heterocycles. The van der Waals surface area contributed by atoms with Gasteiger partial charge in [0.05, 0.1) is 0 Å². The lowest BCUT2D eigenvalue weighted by Gasteiger charge is -2.00. The first-order chi connectivity index (χ1) is 23.7. The van der Waals surface area contributed by atoms with Crippen LogP contribution in [0, 0.1) is 0 Å². The highest BCUT2D eigenvalue weighted by molar-refractivity contribution is 5.77. The molecule has 0 heterocycles. The van der Waals surface area contributed by atoms with E-state index in [9.17, 15) is 0 Å². The molecule has 0 radical (unpaired) electrons. The molecule has 0 heteroatoms. The predicted octanol–water partition coefficient (Wildman–Crippen LogP) is 13.0. The summed E-state index contributed by atoms with van der Waals surface area (Å²) < 4.78 is 0. The summed E-state index contributed by atoms with van der Waals surface area (Å²) >= 11 is 0. The van der Waals surface area contributed by atoms with Crippen LogP contribution in [0.1, 0.15) is 66.8 Å². The lowest BCUT2D eigenvalue weighted by atomic mass is 10.1. The Balaban J connectivity index is 1.12. The van der Waals surface area contributed by atoms with Crippen molar-refractivity contribution in [1.29, 1.82) is 0 Å². The van der Waals surface area contributed by atoms with Crippen molar-refractivity contribution < 1.29 is 0 Å². The highest BCUT2D eigenvalue weighted by Gasteiger charge is 1.96. The number of hydrogen-bond donors (Lipinski definition) is 0. The standard InChI is InChI=1S/C48H36/c1-2-38-4-3-37(1)25-26-39-5-7-41(8-6-39)29-30-43-13-15-45(16-14-43)33-34-47-21-23-48(24-22-47)36-35-46-19-17-44(18-20-46)32-31-42-11-9-40(10-12-42)28-27-38/h1-36H/b26-25-,28-27-,30-29+,32-31+,34-33-,36-35+,37-25?,38-27?,39-26?,40-28?,41-29?,42-31?,43-30?,44-32?,45-33?,46-35?,47-34?,48-36?. The van der Waals surface area contributed by atoms with Crippen molar-refractivity contribution in [3.63, 3.8) is 0 Å². The van der Waals surface area contributed by atoms with Gasteiger partial charge in [0.15, 0.2) is 0 Å². The third-order valence-corrected chi connectivity index (χ3v) is 8.43. The third kappa shape index (κ3) is 8.51. The summed E-state index contributed by atoms with van der Waals surface area (Å²) in [5.41, 5.74) is 14.1. The average Bonchev–Trinajstić information content (AvgIpc) is 3.15. The van der Waals surface area contributed by atoms with Gasteiger partial charge in [-0.2, -0.15) is 0 Å². The van der Waals surface area contributed by atoms with Crippen LogP contribution in [0.2, 0.25) is 0 Å². The summed E-state index contributed by atoms with van der Waals surface area (Å²) in [5.74, 6) is 0. The average molecular weight is 613 g/mol. The molecule has 48 heavy (non-hydrogen) atoms. The van der Waals surface area contributed by atoms with E-state index in [0.717, 1.165) is 0 Å². The van der Waals surface area contributed by atoms with Gasteiger partial charge in [0.2, 0.25) is 0 Å². The van der Waals surface area contributed by atoms with Crippen molar-refractivity contribution in [2.24, 2.45) is 0 Å². The van der Waals surface area contributed by atoms with Crippen molar-refractivity contribution in [1.82, 2.24) is 0 Å². The molecule has 0 saturated carbocycles. The maximum Gasteiger partial charge on any atom is -0.0256 e. The number of hydrogen-bond acceptors (Lipinski definition) is 0. The van der Waals surface area contributed by atoms with Crippen LogP contribution in [0.25, 0.3) is 72.9 Å². The molecule has 0 spiro atoms. The quantitative estimate of drug-likeness (QED) is 0.160. The first-order valence-electron chi connectivity index (χ1n) is 16.4. The van der Waals surface area contributed by atoms with E-state index >= 15 is 0 Å². The monoisotopic (exact) mass is 612 g/mol. The normalized spacial score (nSPS) is 16.5. The molecule has 0 fully saturated rings. The van der Waals surface area contributed by atoms with Crippen LogP contribution in [0.15, 0.2) is 146 Å². The van der Waals surface area contributed by atoms with Gasteiger partial charge in [-0.3, -0.25) is 0 Å². The minimum Gasteiger partial charge on any atom is -0.0544 e. The fourth-order valence-corrected chi connectivity index (χ4v) is 5.46. The second-order valence-corrected chi connectivity index (χ2v) is 12.0. The fourth-order valence-electron chi connectivity index (χ4n) is 5.46. The van der Waals surface area contributed by atoms with Gasteiger partial charge < -0.3 is 0 Å². The maximum absolute atomic E-state index is 2.16. The highest BCUT2D eigenvalue weighted by atomic mass is 14.0. The van der Waals surface area contributed by atoms with Crippen LogP contribution in [0.4, 0.5) is 0 Å².